The van der Waals surface area contributed by atoms with Gasteiger partial charge in [0.25, 0.3) is 6.43 Å². The van der Waals surface area contributed by atoms with Gasteiger partial charge in [-0.2, -0.15) is 13.6 Å². The molecule has 22 heteroatoms. The molecular formula is C10H15F3N3O13P3. The molecule has 2 heterocycles. The number of halogens is 3. The van der Waals surface area contributed by atoms with Gasteiger partial charge in [-0.1, -0.05) is 0 Å². The molecule has 1 aliphatic rings. The SMILES string of the molecule is Nc1ccn([C@@H]2O[C@](COP(=O)(O)OP(=O)(O)OP(=O)(O)O)(C(F)F)[C@@H](O)[C@H]2F)c(=O)n1. The topological polar surface area (TPSA) is 250 Å². The first kappa shape index (κ1) is 27.0. The summed E-state index contributed by atoms with van der Waals surface area (Å²) in [7, 11) is -17.6. The molecule has 6 atom stereocenters. The van der Waals surface area contributed by atoms with Gasteiger partial charge in [0.15, 0.2) is 18.0 Å². The fourth-order valence-electron chi connectivity index (χ4n) is 2.46. The zero-order chi connectivity index (χ0) is 24.7. The van der Waals surface area contributed by atoms with E-state index in [0.717, 1.165) is 12.3 Å². The molecule has 16 nitrogen and oxygen atoms in total. The Morgan fingerprint density at radius 3 is 2.31 bits per heavy atom. The van der Waals surface area contributed by atoms with Crippen LogP contribution in [0.25, 0.3) is 0 Å². The number of rotatable bonds is 9. The van der Waals surface area contributed by atoms with Gasteiger partial charge >= 0.3 is 29.2 Å². The smallest absolute Gasteiger partial charge is 0.387 e. The largest absolute Gasteiger partial charge is 0.490 e. The summed E-state index contributed by atoms with van der Waals surface area (Å²) >= 11 is 0. The minimum Gasteiger partial charge on any atom is -0.387 e. The summed E-state index contributed by atoms with van der Waals surface area (Å²) in [6, 6.07) is 0.971. The van der Waals surface area contributed by atoms with Gasteiger partial charge in [-0.15, -0.1) is 0 Å². The van der Waals surface area contributed by atoms with Crippen molar-refractivity contribution in [2.75, 3.05) is 12.3 Å². The third kappa shape index (κ3) is 6.22. The second kappa shape index (κ2) is 9.21. The van der Waals surface area contributed by atoms with Crippen LogP contribution >= 0.6 is 23.5 Å². The maximum Gasteiger partial charge on any atom is 0.490 e. The summed E-state index contributed by atoms with van der Waals surface area (Å²) in [5.41, 5.74) is 0.569. The molecule has 1 aliphatic heterocycles. The minimum absolute atomic E-state index is 0.312. The summed E-state index contributed by atoms with van der Waals surface area (Å²) in [4.78, 5) is 50.4. The van der Waals surface area contributed by atoms with Crippen molar-refractivity contribution in [1.29, 1.82) is 0 Å². The lowest BCUT2D eigenvalue weighted by molar-refractivity contribution is -0.193. The molecule has 2 rings (SSSR count). The Bertz CT molecular complexity index is 1050. The monoisotopic (exact) mass is 535 g/mol. The van der Waals surface area contributed by atoms with Crippen LogP contribution in [0.2, 0.25) is 0 Å². The number of alkyl halides is 3. The summed E-state index contributed by atoms with van der Waals surface area (Å²) in [6.07, 6.45) is -10.8. The van der Waals surface area contributed by atoms with Crippen LogP contribution in [0.1, 0.15) is 6.23 Å². The van der Waals surface area contributed by atoms with Gasteiger partial charge < -0.3 is 35.2 Å². The van der Waals surface area contributed by atoms with Crippen LogP contribution in [0.15, 0.2) is 17.1 Å². The normalized spacial score (nSPS) is 30.2. The second-order valence-electron chi connectivity index (χ2n) is 6.06. The molecule has 1 saturated heterocycles. The van der Waals surface area contributed by atoms with Crippen molar-refractivity contribution < 1.29 is 69.4 Å². The molecule has 0 spiro atoms. The zero-order valence-corrected chi connectivity index (χ0v) is 17.8. The molecular weight excluding hydrogens is 520 g/mol. The number of phosphoric ester groups is 1. The van der Waals surface area contributed by atoms with E-state index in [1.54, 1.807) is 0 Å². The summed E-state index contributed by atoms with van der Waals surface area (Å²) in [6.45, 7) is -1.87. The van der Waals surface area contributed by atoms with Crippen LogP contribution in [-0.2, 0) is 31.6 Å². The van der Waals surface area contributed by atoms with E-state index in [0.29, 0.717) is 4.57 Å². The highest BCUT2D eigenvalue weighted by Crippen LogP contribution is 2.66. The zero-order valence-electron chi connectivity index (χ0n) is 15.1. The van der Waals surface area contributed by atoms with Crippen LogP contribution in [0.5, 0.6) is 0 Å². The van der Waals surface area contributed by atoms with Crippen molar-refractivity contribution >= 4 is 29.3 Å². The van der Waals surface area contributed by atoms with E-state index >= 15 is 0 Å². The number of ether oxygens (including phenoxy) is 1. The van der Waals surface area contributed by atoms with Crippen LogP contribution < -0.4 is 11.4 Å². The maximum atomic E-state index is 14.5. The molecule has 2 unspecified atom stereocenters. The molecule has 0 aromatic carbocycles. The number of hydrogen-bond acceptors (Lipinski definition) is 11. The Morgan fingerprint density at radius 1 is 1.22 bits per heavy atom. The van der Waals surface area contributed by atoms with Crippen LogP contribution in [0.4, 0.5) is 19.0 Å². The Balaban J connectivity index is 2.27. The highest BCUT2D eigenvalue weighted by Gasteiger charge is 2.62. The van der Waals surface area contributed by atoms with Crippen molar-refractivity contribution in [1.82, 2.24) is 9.55 Å². The Morgan fingerprint density at radius 2 is 1.81 bits per heavy atom. The lowest BCUT2D eigenvalue weighted by Gasteiger charge is -2.31. The molecule has 1 aromatic rings. The summed E-state index contributed by atoms with van der Waals surface area (Å²) in [5, 5.41) is 9.97. The number of nitrogens with two attached hydrogens (primary N) is 1. The van der Waals surface area contributed by atoms with Crippen molar-refractivity contribution in [3.05, 3.63) is 22.7 Å². The standard InChI is InChI=1S/C10H15F3N3O13P3/c11-5-6(17)10(8(12)13,27-7(5)16-2-1-4(14)15-9(16)18)3-26-31(22,23)29-32(24,25)28-30(19,20)21/h1-2,5-8,17H,3H2,(H,22,23)(H,24,25)(H2,14,15,18)(H2,19,20,21)/t5-,6+,7-,10+/m1/s1. The van der Waals surface area contributed by atoms with Gasteiger partial charge in [0.05, 0.1) is 6.61 Å². The van der Waals surface area contributed by atoms with Gasteiger partial charge in [-0.25, -0.2) is 31.7 Å². The number of hydrogen-bond donors (Lipinski definition) is 6. The molecule has 1 fully saturated rings. The first-order valence-electron chi connectivity index (χ1n) is 7.80. The first-order chi connectivity index (χ1) is 14.4. The number of phosphoric acid groups is 3. The van der Waals surface area contributed by atoms with Gasteiger partial charge in [0, 0.05) is 6.20 Å². The first-order valence-corrected chi connectivity index (χ1v) is 12.3. The lowest BCUT2D eigenvalue weighted by Crippen LogP contribution is -2.52. The maximum absolute atomic E-state index is 14.5. The van der Waals surface area contributed by atoms with Gasteiger partial charge in [-0.3, -0.25) is 9.09 Å². The average Bonchev–Trinajstić information content (AvgIpc) is 2.83. The number of aliphatic hydroxyl groups excluding tert-OH is 1. The van der Waals surface area contributed by atoms with E-state index in [-0.39, 0.29) is 5.82 Å². The number of anilines is 1. The predicted octanol–water partition coefficient (Wildman–Crippen LogP) is -0.600. The number of nitrogens with zero attached hydrogens (tertiary/aromatic N) is 2. The van der Waals surface area contributed by atoms with E-state index in [1.807, 2.05) is 0 Å². The third-order valence-electron chi connectivity index (χ3n) is 3.78. The van der Waals surface area contributed by atoms with E-state index < -0.39 is 66.3 Å². The molecule has 184 valence electrons. The molecule has 0 saturated carbocycles. The van der Waals surface area contributed by atoms with E-state index in [9.17, 15) is 41.7 Å². The quantitative estimate of drug-likeness (QED) is 0.216. The van der Waals surface area contributed by atoms with E-state index in [2.05, 4.69) is 18.1 Å². The minimum atomic E-state index is -5.97. The van der Waals surface area contributed by atoms with Crippen molar-refractivity contribution in [3.63, 3.8) is 0 Å². The Kier molecular flexibility index (Phi) is 7.79. The van der Waals surface area contributed by atoms with Crippen molar-refractivity contribution in [2.45, 2.75) is 30.5 Å². The lowest BCUT2D eigenvalue weighted by atomic mass is 9.97. The highest BCUT2D eigenvalue weighted by molar-refractivity contribution is 7.66. The Hall–Kier alpha value is -1.20. The molecule has 32 heavy (non-hydrogen) atoms. The van der Waals surface area contributed by atoms with Crippen LogP contribution in [0.3, 0.4) is 0 Å². The third-order valence-corrected chi connectivity index (χ3v) is 7.56. The van der Waals surface area contributed by atoms with Gasteiger partial charge in [0.2, 0.25) is 0 Å². The molecule has 0 amide bonds. The fraction of sp³-hybridized carbons (Fsp3) is 0.600. The van der Waals surface area contributed by atoms with E-state index in [1.165, 1.54) is 0 Å². The van der Waals surface area contributed by atoms with Crippen molar-refractivity contribution in [2.24, 2.45) is 0 Å². The second-order valence-corrected chi connectivity index (χ2v) is 10.5. The molecule has 1 aromatic heterocycles. The predicted molar refractivity (Wildman–Crippen MR) is 92.5 cm³/mol. The highest BCUT2D eigenvalue weighted by atomic mass is 31.3. The summed E-state index contributed by atoms with van der Waals surface area (Å²) < 4.78 is 91.5. The average molecular weight is 535 g/mol. The number of aliphatic hydroxyl groups is 1. The van der Waals surface area contributed by atoms with Crippen molar-refractivity contribution in [3.8, 4) is 0 Å². The van der Waals surface area contributed by atoms with Crippen LogP contribution in [-0.4, -0.2) is 65.1 Å². The number of nitrogen functional groups attached to an aromatic ring is 1. The number of aromatic nitrogens is 2. The molecule has 7 N–H and O–H groups in total. The Labute approximate surface area is 174 Å². The van der Waals surface area contributed by atoms with Gasteiger partial charge in [-0.05, 0) is 6.07 Å². The molecule has 0 bridgehead atoms. The molecule has 0 radical (unpaired) electrons. The fourth-order valence-corrected chi connectivity index (χ4v) is 5.52. The van der Waals surface area contributed by atoms with E-state index in [4.69, 9.17) is 25.2 Å². The van der Waals surface area contributed by atoms with Crippen LogP contribution in [0, 0.1) is 0 Å². The summed E-state index contributed by atoms with van der Waals surface area (Å²) in [5.74, 6) is -0.312. The molecule has 0 aliphatic carbocycles. The van der Waals surface area contributed by atoms with Gasteiger partial charge in [0.1, 0.15) is 11.9 Å².